The molecular formula is C9H6BrCl2N3. The van der Waals surface area contributed by atoms with Crippen LogP contribution in [0.3, 0.4) is 0 Å². The van der Waals surface area contributed by atoms with E-state index in [1.807, 2.05) is 6.92 Å². The summed E-state index contributed by atoms with van der Waals surface area (Å²) in [5, 5.41) is 0.750. The first-order chi connectivity index (χ1) is 7.13. The molecule has 3 nitrogen and oxygen atoms in total. The Balaban J connectivity index is 2.86. The lowest BCUT2D eigenvalue weighted by Crippen LogP contribution is -1.96. The van der Waals surface area contributed by atoms with Crippen molar-refractivity contribution >= 4 is 50.2 Å². The number of hydrogen-bond acceptors (Lipinski definition) is 3. The molecule has 6 heteroatoms. The molecule has 15 heavy (non-hydrogen) atoms. The zero-order valence-electron chi connectivity index (χ0n) is 7.76. The highest BCUT2D eigenvalue weighted by molar-refractivity contribution is 9.10. The first-order valence-corrected chi connectivity index (χ1v) is 5.84. The highest BCUT2D eigenvalue weighted by Crippen LogP contribution is 2.27. The van der Waals surface area contributed by atoms with Gasteiger partial charge in [0.2, 0.25) is 0 Å². The van der Waals surface area contributed by atoms with E-state index in [4.69, 9.17) is 23.2 Å². The third-order valence-electron chi connectivity index (χ3n) is 1.97. The van der Waals surface area contributed by atoms with Crippen molar-refractivity contribution in [1.82, 2.24) is 15.0 Å². The van der Waals surface area contributed by atoms with Crippen molar-refractivity contribution in [2.45, 2.75) is 13.3 Å². The van der Waals surface area contributed by atoms with Crippen LogP contribution in [0.25, 0.3) is 11.0 Å². The maximum Gasteiger partial charge on any atom is 0.156 e. The molecular weight excluding hydrogens is 301 g/mol. The molecule has 0 saturated carbocycles. The molecule has 0 saturated heterocycles. The van der Waals surface area contributed by atoms with Gasteiger partial charge in [0, 0.05) is 6.20 Å². The number of hydrogen-bond donors (Lipinski definition) is 0. The molecule has 0 aliphatic rings. The molecule has 0 bridgehead atoms. The van der Waals surface area contributed by atoms with Crippen LogP contribution >= 0.6 is 39.1 Å². The molecule has 0 unspecified atom stereocenters. The second-order valence-corrected chi connectivity index (χ2v) is 4.48. The van der Waals surface area contributed by atoms with Gasteiger partial charge in [0.25, 0.3) is 0 Å². The fourth-order valence-electron chi connectivity index (χ4n) is 1.22. The smallest absolute Gasteiger partial charge is 0.156 e. The number of fused-ring (bicyclic) bond motifs is 1. The number of nitrogens with zero attached hydrogens (tertiary/aromatic N) is 3. The second-order valence-electron chi connectivity index (χ2n) is 2.91. The van der Waals surface area contributed by atoms with Gasteiger partial charge in [-0.1, -0.05) is 30.1 Å². The number of pyridine rings is 1. The molecule has 0 N–H and O–H groups in total. The molecule has 0 amide bonds. The zero-order valence-corrected chi connectivity index (χ0v) is 10.9. The van der Waals surface area contributed by atoms with Crippen LogP contribution in [-0.2, 0) is 6.42 Å². The van der Waals surface area contributed by atoms with E-state index < -0.39 is 0 Å². The largest absolute Gasteiger partial charge is 0.245 e. The maximum absolute atomic E-state index is 5.97. The SMILES string of the molecule is CCc1nc2c(Cl)ncc(Br)c2nc1Cl. The topological polar surface area (TPSA) is 38.7 Å². The summed E-state index contributed by atoms with van der Waals surface area (Å²) < 4.78 is 0.735. The maximum atomic E-state index is 5.97. The van der Waals surface area contributed by atoms with Gasteiger partial charge in [-0.2, -0.15) is 0 Å². The Labute approximate surface area is 105 Å². The lowest BCUT2D eigenvalue weighted by atomic mass is 10.3. The van der Waals surface area contributed by atoms with Crippen molar-refractivity contribution in [3.05, 3.63) is 26.7 Å². The van der Waals surface area contributed by atoms with Crippen LogP contribution in [0.5, 0.6) is 0 Å². The van der Waals surface area contributed by atoms with E-state index in [9.17, 15) is 0 Å². The van der Waals surface area contributed by atoms with E-state index in [1.54, 1.807) is 6.20 Å². The van der Waals surface area contributed by atoms with Gasteiger partial charge in [-0.3, -0.25) is 0 Å². The standard InChI is InChI=1S/C9H6BrCl2N3/c1-2-5-8(11)15-6-4(10)3-13-9(12)7(6)14-5/h3H,2H2,1H3. The Morgan fingerprint density at radius 2 is 1.93 bits per heavy atom. The summed E-state index contributed by atoms with van der Waals surface area (Å²) in [7, 11) is 0. The van der Waals surface area contributed by atoms with Crippen LogP contribution in [0.15, 0.2) is 10.7 Å². The summed E-state index contributed by atoms with van der Waals surface area (Å²) in [5.41, 5.74) is 1.94. The van der Waals surface area contributed by atoms with Crippen molar-refractivity contribution in [1.29, 1.82) is 0 Å². The predicted molar refractivity (Wildman–Crippen MR) is 64.4 cm³/mol. The molecule has 0 aromatic carbocycles. The van der Waals surface area contributed by atoms with E-state index in [1.165, 1.54) is 0 Å². The number of halogens is 3. The molecule has 0 atom stereocenters. The van der Waals surface area contributed by atoms with Crippen LogP contribution in [0.1, 0.15) is 12.6 Å². The molecule has 2 aromatic heterocycles. The number of aromatic nitrogens is 3. The molecule has 2 heterocycles. The Morgan fingerprint density at radius 1 is 1.20 bits per heavy atom. The number of rotatable bonds is 1. The Bertz CT molecular complexity index is 530. The monoisotopic (exact) mass is 305 g/mol. The first kappa shape index (κ1) is 11.0. The molecule has 0 fully saturated rings. The highest BCUT2D eigenvalue weighted by Gasteiger charge is 2.11. The molecule has 0 radical (unpaired) electrons. The first-order valence-electron chi connectivity index (χ1n) is 4.29. The van der Waals surface area contributed by atoms with E-state index in [0.717, 1.165) is 10.2 Å². The molecule has 78 valence electrons. The highest BCUT2D eigenvalue weighted by atomic mass is 79.9. The summed E-state index contributed by atoms with van der Waals surface area (Å²) >= 11 is 15.2. The van der Waals surface area contributed by atoms with Gasteiger partial charge in [-0.15, -0.1) is 0 Å². The minimum Gasteiger partial charge on any atom is -0.245 e. The van der Waals surface area contributed by atoms with Crippen LogP contribution in [0, 0.1) is 0 Å². The third-order valence-corrected chi connectivity index (χ3v) is 3.13. The quantitative estimate of drug-likeness (QED) is 0.755. The summed E-state index contributed by atoms with van der Waals surface area (Å²) in [6, 6.07) is 0. The fourth-order valence-corrected chi connectivity index (χ4v) is 2.04. The van der Waals surface area contributed by atoms with Crippen molar-refractivity contribution in [2.24, 2.45) is 0 Å². The normalized spacial score (nSPS) is 10.9. The van der Waals surface area contributed by atoms with Gasteiger partial charge in [0.15, 0.2) is 10.3 Å². The molecule has 0 aliphatic carbocycles. The summed E-state index contributed by atoms with van der Waals surface area (Å²) in [5.74, 6) is 0. The summed E-state index contributed by atoms with van der Waals surface area (Å²) in [4.78, 5) is 12.6. The second kappa shape index (κ2) is 4.20. The summed E-state index contributed by atoms with van der Waals surface area (Å²) in [6.45, 7) is 1.96. The average molecular weight is 307 g/mol. The summed E-state index contributed by atoms with van der Waals surface area (Å²) in [6.07, 6.45) is 2.30. The zero-order chi connectivity index (χ0) is 11.0. The van der Waals surface area contributed by atoms with Crippen molar-refractivity contribution in [2.75, 3.05) is 0 Å². The van der Waals surface area contributed by atoms with Gasteiger partial charge >= 0.3 is 0 Å². The van der Waals surface area contributed by atoms with Crippen LogP contribution < -0.4 is 0 Å². The average Bonchev–Trinajstić information content (AvgIpc) is 2.23. The Morgan fingerprint density at radius 3 is 2.60 bits per heavy atom. The van der Waals surface area contributed by atoms with Gasteiger partial charge < -0.3 is 0 Å². The van der Waals surface area contributed by atoms with Crippen molar-refractivity contribution in [3.63, 3.8) is 0 Å². The Hall–Kier alpha value is -0.450. The molecule has 2 rings (SSSR count). The van der Waals surface area contributed by atoms with Gasteiger partial charge in [-0.25, -0.2) is 15.0 Å². The van der Waals surface area contributed by atoms with E-state index in [-0.39, 0.29) is 0 Å². The minimum absolute atomic E-state index is 0.340. The lowest BCUT2D eigenvalue weighted by Gasteiger charge is -2.04. The predicted octanol–water partition coefficient (Wildman–Crippen LogP) is 3.66. The van der Waals surface area contributed by atoms with Gasteiger partial charge in [0.05, 0.1) is 10.2 Å². The molecule has 0 aliphatic heterocycles. The molecule has 2 aromatic rings. The van der Waals surface area contributed by atoms with Crippen LogP contribution in [0.4, 0.5) is 0 Å². The minimum atomic E-state index is 0.340. The Kier molecular flexibility index (Phi) is 3.09. The van der Waals surface area contributed by atoms with Crippen molar-refractivity contribution in [3.8, 4) is 0 Å². The van der Waals surface area contributed by atoms with E-state index >= 15 is 0 Å². The van der Waals surface area contributed by atoms with E-state index in [2.05, 4.69) is 30.9 Å². The van der Waals surface area contributed by atoms with Gasteiger partial charge in [0.1, 0.15) is 11.0 Å². The van der Waals surface area contributed by atoms with Crippen LogP contribution in [0.2, 0.25) is 10.3 Å². The van der Waals surface area contributed by atoms with E-state index in [0.29, 0.717) is 27.8 Å². The number of aryl methyl sites for hydroxylation is 1. The van der Waals surface area contributed by atoms with Gasteiger partial charge in [-0.05, 0) is 22.4 Å². The van der Waals surface area contributed by atoms with Crippen LogP contribution in [-0.4, -0.2) is 15.0 Å². The fraction of sp³-hybridized carbons (Fsp3) is 0.222. The third kappa shape index (κ3) is 1.94. The van der Waals surface area contributed by atoms with Crippen molar-refractivity contribution < 1.29 is 0 Å². The molecule has 0 spiro atoms. The lowest BCUT2D eigenvalue weighted by molar-refractivity contribution is 1.03.